The number of anilines is 2. The number of ether oxygens (including phenoxy) is 1. The zero-order chi connectivity index (χ0) is 25.2. The van der Waals surface area contributed by atoms with E-state index in [1.165, 1.54) is 40.6 Å². The maximum absolute atomic E-state index is 14.3. The van der Waals surface area contributed by atoms with Gasteiger partial charge < -0.3 is 20.1 Å². The molecule has 1 unspecified atom stereocenters. The Labute approximate surface area is 220 Å². The van der Waals surface area contributed by atoms with Crippen LogP contribution in [0.2, 0.25) is 0 Å². The van der Waals surface area contributed by atoms with Crippen molar-refractivity contribution in [3.63, 3.8) is 0 Å². The van der Waals surface area contributed by atoms with Crippen LogP contribution in [-0.2, 0) is 0 Å². The molecule has 37 heavy (non-hydrogen) atoms. The molecule has 0 bridgehead atoms. The summed E-state index contributed by atoms with van der Waals surface area (Å²) >= 11 is 0. The van der Waals surface area contributed by atoms with Crippen LogP contribution in [0.15, 0.2) is 78.9 Å². The predicted molar refractivity (Wildman–Crippen MR) is 143 cm³/mol. The Morgan fingerprint density at radius 2 is 1.84 bits per heavy atom. The lowest BCUT2D eigenvalue weighted by Crippen LogP contribution is -2.39. The van der Waals surface area contributed by atoms with Crippen LogP contribution >= 0.6 is 12.4 Å². The molecule has 0 aromatic heterocycles. The van der Waals surface area contributed by atoms with E-state index in [1.54, 1.807) is 11.0 Å². The number of hydrogen-bond acceptors (Lipinski definition) is 4. The first-order chi connectivity index (χ1) is 17.4. The lowest BCUT2D eigenvalue weighted by molar-refractivity contribution is 0.0696. The van der Waals surface area contributed by atoms with Gasteiger partial charge >= 0.3 is 5.97 Å². The van der Waals surface area contributed by atoms with Crippen LogP contribution in [0.5, 0.6) is 5.75 Å². The molecule has 0 aliphatic carbocycles. The number of nitrogens with zero attached hydrogens (tertiary/aromatic N) is 1. The summed E-state index contributed by atoms with van der Waals surface area (Å²) < 4.78 is 34.5. The average Bonchev–Trinajstić information content (AvgIpc) is 2.87. The van der Waals surface area contributed by atoms with Gasteiger partial charge in [-0.2, -0.15) is 0 Å². The number of halogens is 3. The molecule has 0 spiro atoms. The molecule has 8 heteroatoms. The van der Waals surface area contributed by atoms with E-state index in [0.29, 0.717) is 36.6 Å². The van der Waals surface area contributed by atoms with Gasteiger partial charge in [-0.3, -0.25) is 0 Å². The fraction of sp³-hybridized carbons (Fsp3) is 0.207. The van der Waals surface area contributed by atoms with Crippen molar-refractivity contribution in [2.24, 2.45) is 0 Å². The monoisotopic (exact) mass is 524 g/mol. The van der Waals surface area contributed by atoms with E-state index in [9.17, 15) is 18.7 Å². The van der Waals surface area contributed by atoms with Gasteiger partial charge in [-0.15, -0.1) is 12.4 Å². The Kier molecular flexibility index (Phi) is 7.95. The number of hydrogen-bond donors (Lipinski definition) is 2. The van der Waals surface area contributed by atoms with E-state index in [-0.39, 0.29) is 30.1 Å². The fourth-order valence-electron chi connectivity index (χ4n) is 4.77. The number of nitrogens with one attached hydrogen (secondary N) is 1. The number of fused-ring (bicyclic) bond motifs is 2. The number of aromatic carboxylic acids is 1. The highest BCUT2D eigenvalue weighted by Crippen LogP contribution is 2.39. The van der Waals surface area contributed by atoms with Gasteiger partial charge in [0.25, 0.3) is 0 Å². The SMILES string of the molecule is C[C@@H](NCCC1CN(c2cc(F)cc(C(=O)O)c2)c2cc(F)ccc2O1)c1cccc2ccccc12.Cl. The zero-order valence-corrected chi connectivity index (χ0v) is 21.0. The van der Waals surface area contributed by atoms with Crippen molar-refractivity contribution in [2.75, 3.05) is 18.0 Å². The van der Waals surface area contributed by atoms with E-state index in [2.05, 4.69) is 42.6 Å². The molecule has 2 atom stereocenters. The summed E-state index contributed by atoms with van der Waals surface area (Å²) in [6.45, 7) is 3.10. The number of rotatable bonds is 7. The number of carbonyl (C=O) groups is 1. The Bertz CT molecular complexity index is 1430. The highest BCUT2D eigenvalue weighted by molar-refractivity contribution is 5.89. The maximum atomic E-state index is 14.3. The molecule has 0 fully saturated rings. The van der Waals surface area contributed by atoms with Crippen LogP contribution in [0.4, 0.5) is 20.2 Å². The van der Waals surface area contributed by atoms with Crippen molar-refractivity contribution in [3.8, 4) is 5.75 Å². The van der Waals surface area contributed by atoms with Crippen LogP contribution in [-0.4, -0.2) is 30.3 Å². The number of carboxylic acids is 1. The summed E-state index contributed by atoms with van der Waals surface area (Å²) in [5.74, 6) is -1.89. The summed E-state index contributed by atoms with van der Waals surface area (Å²) in [5, 5.41) is 15.3. The van der Waals surface area contributed by atoms with Crippen LogP contribution in [0, 0.1) is 11.6 Å². The molecule has 5 rings (SSSR count). The zero-order valence-electron chi connectivity index (χ0n) is 20.2. The van der Waals surface area contributed by atoms with Crippen molar-refractivity contribution < 1.29 is 23.4 Å². The van der Waals surface area contributed by atoms with Crippen LogP contribution < -0.4 is 15.0 Å². The second-order valence-corrected chi connectivity index (χ2v) is 9.00. The molecule has 5 nitrogen and oxygen atoms in total. The minimum Gasteiger partial charge on any atom is -0.486 e. The topological polar surface area (TPSA) is 61.8 Å². The maximum Gasteiger partial charge on any atom is 0.335 e. The molecular formula is C29H27ClF2N2O3. The Hall–Kier alpha value is -3.68. The molecular weight excluding hydrogens is 498 g/mol. The molecule has 2 N–H and O–H groups in total. The quantitative estimate of drug-likeness (QED) is 0.276. The van der Waals surface area contributed by atoms with Gasteiger partial charge in [-0.25, -0.2) is 13.6 Å². The van der Waals surface area contributed by atoms with E-state index in [1.807, 2.05) is 12.1 Å². The number of carboxylic acid groups (broad SMARTS) is 1. The van der Waals surface area contributed by atoms with Crippen LogP contribution in [0.1, 0.15) is 35.3 Å². The van der Waals surface area contributed by atoms with Crippen LogP contribution in [0.3, 0.4) is 0 Å². The minimum absolute atomic E-state index is 0. The summed E-state index contributed by atoms with van der Waals surface area (Å²) in [6, 6.07) is 22.4. The van der Waals surface area contributed by atoms with E-state index in [4.69, 9.17) is 4.74 Å². The van der Waals surface area contributed by atoms with Crippen molar-refractivity contribution >= 4 is 40.5 Å². The standard InChI is InChI=1S/C29H26F2N2O3.ClH/c1-18(25-8-4-6-19-5-2-3-7-26(19)25)32-12-11-24-17-33(27-16-21(30)9-10-28(27)36-24)23-14-20(29(34)35)13-22(31)15-23;/h2-10,13-16,18,24,32H,11-12,17H2,1H3,(H,34,35);1H/t18-,24?;/m1./s1. The Morgan fingerprint density at radius 1 is 1.05 bits per heavy atom. The van der Waals surface area contributed by atoms with Crippen molar-refractivity contribution in [2.45, 2.75) is 25.5 Å². The normalized spacial score (nSPS) is 15.4. The number of benzene rings is 4. The third-order valence-electron chi connectivity index (χ3n) is 6.54. The Balaban J connectivity index is 0.00000320. The smallest absolute Gasteiger partial charge is 0.335 e. The Morgan fingerprint density at radius 3 is 2.65 bits per heavy atom. The van der Waals surface area contributed by atoms with Gasteiger partial charge in [0, 0.05) is 17.8 Å². The van der Waals surface area contributed by atoms with Crippen molar-refractivity contribution in [3.05, 3.63) is 102 Å². The van der Waals surface area contributed by atoms with Gasteiger partial charge in [0.1, 0.15) is 23.5 Å². The first-order valence-electron chi connectivity index (χ1n) is 11.9. The molecule has 4 aromatic rings. The molecule has 0 saturated heterocycles. The highest BCUT2D eigenvalue weighted by Gasteiger charge is 2.28. The third-order valence-corrected chi connectivity index (χ3v) is 6.54. The van der Waals surface area contributed by atoms with Gasteiger partial charge in [-0.05, 0) is 66.6 Å². The fourth-order valence-corrected chi connectivity index (χ4v) is 4.77. The molecule has 4 aromatic carbocycles. The predicted octanol–water partition coefficient (Wildman–Crippen LogP) is 6.88. The van der Waals surface area contributed by atoms with Crippen LogP contribution in [0.25, 0.3) is 10.8 Å². The highest BCUT2D eigenvalue weighted by atomic mass is 35.5. The third kappa shape index (κ3) is 5.68. The van der Waals surface area contributed by atoms with Gasteiger partial charge in [0.05, 0.1) is 17.8 Å². The molecule has 0 saturated carbocycles. The first-order valence-corrected chi connectivity index (χ1v) is 11.9. The van der Waals surface area contributed by atoms with E-state index >= 15 is 0 Å². The second kappa shape index (κ2) is 11.2. The summed E-state index contributed by atoms with van der Waals surface area (Å²) in [5.41, 5.74) is 1.81. The lowest BCUT2D eigenvalue weighted by atomic mass is 9.99. The summed E-state index contributed by atoms with van der Waals surface area (Å²) in [7, 11) is 0. The molecule has 1 aliphatic rings. The van der Waals surface area contributed by atoms with E-state index < -0.39 is 17.6 Å². The van der Waals surface area contributed by atoms with Gasteiger partial charge in [-0.1, -0.05) is 42.5 Å². The summed E-state index contributed by atoms with van der Waals surface area (Å²) in [6.07, 6.45) is 0.371. The van der Waals surface area contributed by atoms with Gasteiger partial charge in [0.2, 0.25) is 0 Å². The molecule has 192 valence electrons. The van der Waals surface area contributed by atoms with Crippen molar-refractivity contribution in [1.82, 2.24) is 5.32 Å². The summed E-state index contributed by atoms with van der Waals surface area (Å²) in [4.78, 5) is 13.2. The average molecular weight is 525 g/mol. The molecule has 0 radical (unpaired) electrons. The molecule has 1 aliphatic heterocycles. The lowest BCUT2D eigenvalue weighted by Gasteiger charge is -2.36. The van der Waals surface area contributed by atoms with Crippen molar-refractivity contribution in [1.29, 1.82) is 0 Å². The van der Waals surface area contributed by atoms with Gasteiger partial charge in [0.15, 0.2) is 0 Å². The minimum atomic E-state index is -1.23. The molecule has 0 amide bonds. The first kappa shape index (κ1) is 26.4. The second-order valence-electron chi connectivity index (χ2n) is 9.00. The largest absolute Gasteiger partial charge is 0.486 e. The van der Waals surface area contributed by atoms with E-state index in [0.717, 1.165) is 6.07 Å². The molecule has 1 heterocycles.